The van der Waals surface area contributed by atoms with E-state index in [4.69, 9.17) is 9.73 Å². The van der Waals surface area contributed by atoms with Crippen molar-refractivity contribution in [3.8, 4) is 0 Å². The van der Waals surface area contributed by atoms with Crippen LogP contribution in [0.4, 0.5) is 0 Å². The fraction of sp³-hybridized carbons (Fsp3) is 0.519. The Balaban J connectivity index is 1.43. The van der Waals surface area contributed by atoms with Crippen LogP contribution in [-0.2, 0) is 4.74 Å². The maximum atomic E-state index is 10.6. The van der Waals surface area contributed by atoms with Gasteiger partial charge in [-0.15, -0.1) is 0 Å². The minimum absolute atomic E-state index is 0.0229. The van der Waals surface area contributed by atoms with Crippen LogP contribution in [0.15, 0.2) is 71.4 Å². The second-order valence-electron chi connectivity index (χ2n) is 10.4. The van der Waals surface area contributed by atoms with Gasteiger partial charge in [-0.1, -0.05) is 61.6 Å². The third-order valence-corrected chi connectivity index (χ3v) is 7.91. The largest absolute Gasteiger partial charge is 0.390 e. The van der Waals surface area contributed by atoms with E-state index in [1.807, 2.05) is 26.1 Å². The number of nitrogens with zero attached hydrogens (tertiary/aromatic N) is 2. The minimum Gasteiger partial charge on any atom is -0.390 e. The molecule has 1 saturated heterocycles. The minimum atomic E-state index is -0.755. The predicted octanol–water partition coefficient (Wildman–Crippen LogP) is 5.04. The normalized spacial score (nSPS) is 37.8. The summed E-state index contributed by atoms with van der Waals surface area (Å²) in [6, 6.07) is 10.9. The van der Waals surface area contributed by atoms with E-state index in [-0.39, 0.29) is 29.7 Å². The topological polar surface area (TPSA) is 45.1 Å². The molecule has 1 aliphatic carbocycles. The van der Waals surface area contributed by atoms with Gasteiger partial charge in [0.25, 0.3) is 0 Å². The molecule has 5 unspecified atom stereocenters. The van der Waals surface area contributed by atoms with E-state index in [2.05, 4.69) is 67.4 Å². The summed E-state index contributed by atoms with van der Waals surface area (Å²) >= 11 is 0. The molecule has 164 valence electrons. The van der Waals surface area contributed by atoms with Gasteiger partial charge in [0.15, 0.2) is 0 Å². The van der Waals surface area contributed by atoms with Crippen molar-refractivity contribution >= 4 is 5.71 Å². The molecule has 0 amide bonds. The third-order valence-electron chi connectivity index (χ3n) is 7.91. The zero-order chi connectivity index (χ0) is 21.8. The van der Waals surface area contributed by atoms with Crippen molar-refractivity contribution in [2.45, 2.75) is 64.0 Å². The zero-order valence-electron chi connectivity index (χ0n) is 19.0. The van der Waals surface area contributed by atoms with Crippen molar-refractivity contribution in [1.82, 2.24) is 4.90 Å². The second-order valence-corrected chi connectivity index (χ2v) is 10.4. The Hall–Kier alpha value is -2.01. The number of aliphatic imine (C=N–C) groups is 1. The molecule has 1 fully saturated rings. The number of likely N-dealkylation sites (N-methyl/N-ethyl adjacent to an activating group) is 1. The highest BCUT2D eigenvalue weighted by molar-refractivity contribution is 6.02. The predicted molar refractivity (Wildman–Crippen MR) is 125 cm³/mol. The molecular formula is C27H34N2O2. The molecular weight excluding hydrogens is 384 g/mol. The van der Waals surface area contributed by atoms with Gasteiger partial charge < -0.3 is 9.84 Å². The first kappa shape index (κ1) is 20.9. The van der Waals surface area contributed by atoms with Crippen LogP contribution < -0.4 is 0 Å². The van der Waals surface area contributed by atoms with E-state index in [1.54, 1.807) is 0 Å². The molecule has 6 atom stereocenters. The Labute approximate surface area is 186 Å². The molecule has 4 heteroatoms. The SMILES string of the molecule is CN1C(c2ccccc2)C=CC2(C)C3CCC=C(C4=NC=CC(C(C)(C)O)C4)[C@H]3OC12. The lowest BCUT2D eigenvalue weighted by Crippen LogP contribution is -2.47. The molecule has 0 saturated carbocycles. The van der Waals surface area contributed by atoms with Crippen molar-refractivity contribution in [3.05, 3.63) is 72.0 Å². The van der Waals surface area contributed by atoms with Gasteiger partial charge in [-0.05, 0) is 51.3 Å². The lowest BCUT2D eigenvalue weighted by molar-refractivity contribution is -0.0783. The fourth-order valence-electron chi connectivity index (χ4n) is 6.02. The summed E-state index contributed by atoms with van der Waals surface area (Å²) in [5, 5.41) is 10.6. The quantitative estimate of drug-likeness (QED) is 0.699. The number of benzene rings is 1. The molecule has 0 spiro atoms. The van der Waals surface area contributed by atoms with Crippen LogP contribution in [-0.4, -0.2) is 40.7 Å². The van der Waals surface area contributed by atoms with Gasteiger partial charge >= 0.3 is 0 Å². The van der Waals surface area contributed by atoms with Crippen molar-refractivity contribution in [2.24, 2.45) is 22.2 Å². The highest BCUT2D eigenvalue weighted by Gasteiger charge is 2.57. The summed E-state index contributed by atoms with van der Waals surface area (Å²) in [5.74, 6) is 0.507. The van der Waals surface area contributed by atoms with Gasteiger partial charge in [0.1, 0.15) is 6.23 Å². The van der Waals surface area contributed by atoms with Crippen LogP contribution in [0.3, 0.4) is 0 Å². The molecule has 31 heavy (non-hydrogen) atoms. The summed E-state index contributed by atoms with van der Waals surface area (Å²) in [7, 11) is 2.19. The van der Waals surface area contributed by atoms with Crippen LogP contribution in [0.1, 0.15) is 51.6 Å². The van der Waals surface area contributed by atoms with E-state index in [0.717, 1.165) is 25.0 Å². The first-order valence-electron chi connectivity index (χ1n) is 11.6. The Morgan fingerprint density at radius 1 is 1.19 bits per heavy atom. The Kier molecular flexibility index (Phi) is 5.08. The standard InChI is InChI=1S/C27H34N2O2/c1-26(2,30)19-14-16-28-22(17-19)20-11-8-12-21-24(20)31-25-27(21,3)15-13-23(29(25)4)18-9-6-5-7-10-18/h5-7,9-11,13-16,19,21,23-25,30H,8,12,17H2,1-4H3/t19?,21?,23?,24-,25?,27?/m1/s1. The van der Waals surface area contributed by atoms with Gasteiger partial charge in [0.2, 0.25) is 0 Å². The van der Waals surface area contributed by atoms with Crippen LogP contribution in [0.5, 0.6) is 0 Å². The Bertz CT molecular complexity index is 955. The number of hydrogen-bond acceptors (Lipinski definition) is 4. The van der Waals surface area contributed by atoms with E-state index in [9.17, 15) is 5.11 Å². The van der Waals surface area contributed by atoms with Gasteiger partial charge in [-0.3, -0.25) is 9.89 Å². The Morgan fingerprint density at radius 3 is 2.71 bits per heavy atom. The van der Waals surface area contributed by atoms with Crippen molar-refractivity contribution in [2.75, 3.05) is 7.05 Å². The Morgan fingerprint density at radius 2 is 1.97 bits per heavy atom. The van der Waals surface area contributed by atoms with E-state index < -0.39 is 5.60 Å². The lowest BCUT2D eigenvalue weighted by Gasteiger charge is -2.44. The van der Waals surface area contributed by atoms with Gasteiger partial charge in [0, 0.05) is 29.2 Å². The first-order valence-corrected chi connectivity index (χ1v) is 11.6. The fourth-order valence-corrected chi connectivity index (χ4v) is 6.02. The number of rotatable bonds is 3. The lowest BCUT2D eigenvalue weighted by atomic mass is 9.67. The summed E-state index contributed by atoms with van der Waals surface area (Å²) in [6.45, 7) is 6.13. The van der Waals surface area contributed by atoms with Gasteiger partial charge in [-0.25, -0.2) is 0 Å². The average molecular weight is 419 g/mol. The molecule has 0 bridgehead atoms. The number of fused-ring (bicyclic) bond motifs is 3. The van der Waals surface area contributed by atoms with E-state index >= 15 is 0 Å². The molecule has 3 heterocycles. The van der Waals surface area contributed by atoms with Gasteiger partial charge in [0.05, 0.1) is 17.7 Å². The van der Waals surface area contributed by atoms with Gasteiger partial charge in [-0.2, -0.15) is 0 Å². The van der Waals surface area contributed by atoms with Crippen molar-refractivity contribution in [1.29, 1.82) is 0 Å². The number of hydrogen-bond donors (Lipinski definition) is 1. The van der Waals surface area contributed by atoms with E-state index in [1.165, 1.54) is 11.1 Å². The highest BCUT2D eigenvalue weighted by Crippen LogP contribution is 2.55. The summed E-state index contributed by atoms with van der Waals surface area (Å²) in [6.07, 6.45) is 14.0. The van der Waals surface area contributed by atoms with Crippen molar-refractivity contribution in [3.63, 3.8) is 0 Å². The molecule has 0 radical (unpaired) electrons. The third kappa shape index (κ3) is 3.45. The number of ether oxygens (including phenoxy) is 1. The molecule has 5 rings (SSSR count). The monoisotopic (exact) mass is 418 g/mol. The summed E-state index contributed by atoms with van der Waals surface area (Å²) in [4.78, 5) is 7.14. The molecule has 3 aliphatic heterocycles. The number of allylic oxidation sites excluding steroid dienone is 1. The summed E-state index contributed by atoms with van der Waals surface area (Å²) in [5.41, 5.74) is 2.84. The molecule has 1 aromatic carbocycles. The van der Waals surface area contributed by atoms with Crippen LogP contribution in [0.25, 0.3) is 0 Å². The molecule has 1 aromatic rings. The number of aliphatic hydroxyl groups is 1. The molecule has 1 N–H and O–H groups in total. The van der Waals surface area contributed by atoms with Crippen LogP contribution >= 0.6 is 0 Å². The summed E-state index contributed by atoms with van der Waals surface area (Å²) < 4.78 is 6.86. The maximum absolute atomic E-state index is 10.6. The smallest absolute Gasteiger partial charge is 0.121 e. The maximum Gasteiger partial charge on any atom is 0.121 e. The molecule has 0 aromatic heterocycles. The highest BCUT2D eigenvalue weighted by atomic mass is 16.5. The zero-order valence-corrected chi connectivity index (χ0v) is 19.0. The van der Waals surface area contributed by atoms with E-state index in [0.29, 0.717) is 5.92 Å². The van der Waals surface area contributed by atoms with Crippen molar-refractivity contribution < 1.29 is 9.84 Å². The van der Waals surface area contributed by atoms with Crippen LogP contribution in [0, 0.1) is 17.3 Å². The molecule has 4 nitrogen and oxygen atoms in total. The second kappa shape index (κ2) is 7.54. The first-order chi connectivity index (χ1) is 14.8. The van der Waals surface area contributed by atoms with Crippen LogP contribution in [0.2, 0.25) is 0 Å². The average Bonchev–Trinajstić information content (AvgIpc) is 3.08. The molecule has 4 aliphatic rings.